The van der Waals surface area contributed by atoms with Crippen molar-refractivity contribution >= 4 is 11.9 Å². The maximum absolute atomic E-state index is 11.8. The molecular formula is C10H15NO4. The Morgan fingerprint density at radius 2 is 2.07 bits per heavy atom. The number of carboxylic acid groups (broad SMARTS) is 1. The molecule has 2 fully saturated rings. The Bertz CT molecular complexity index is 287. The van der Waals surface area contributed by atoms with Gasteiger partial charge >= 0.3 is 5.97 Å². The first-order valence-electron chi connectivity index (χ1n) is 5.19. The van der Waals surface area contributed by atoms with Crippen molar-refractivity contribution in [3.8, 4) is 0 Å². The Labute approximate surface area is 88.0 Å². The van der Waals surface area contributed by atoms with Crippen LogP contribution in [0.1, 0.15) is 19.3 Å². The molecule has 1 saturated heterocycles. The second-order valence-electron chi connectivity index (χ2n) is 4.21. The van der Waals surface area contributed by atoms with Crippen LogP contribution in [0.4, 0.5) is 0 Å². The number of nitrogens with zero attached hydrogens (tertiary/aromatic N) is 1. The van der Waals surface area contributed by atoms with Crippen LogP contribution in [0.15, 0.2) is 0 Å². The van der Waals surface area contributed by atoms with Crippen molar-refractivity contribution in [2.45, 2.75) is 31.4 Å². The summed E-state index contributed by atoms with van der Waals surface area (Å²) in [6.07, 6.45) is 2.08. The standard InChI is InChI=1S/C10H15NO4/c1-15-7-4-8(10(13)14)11(5-7)9(12)6-2-3-6/h6-8H,2-5H2,1H3,(H,13,14). The smallest absolute Gasteiger partial charge is 0.326 e. The zero-order chi connectivity index (χ0) is 11.0. The molecule has 5 nitrogen and oxygen atoms in total. The topological polar surface area (TPSA) is 66.8 Å². The van der Waals surface area contributed by atoms with Gasteiger partial charge in [0.1, 0.15) is 6.04 Å². The number of likely N-dealkylation sites (tertiary alicyclic amines) is 1. The summed E-state index contributed by atoms with van der Waals surface area (Å²) in [5.74, 6) is -0.868. The van der Waals surface area contributed by atoms with E-state index in [1.54, 1.807) is 7.11 Å². The van der Waals surface area contributed by atoms with Crippen LogP contribution < -0.4 is 0 Å². The molecule has 0 aromatic carbocycles. The Balaban J connectivity index is 2.06. The summed E-state index contributed by atoms with van der Waals surface area (Å²) in [6.45, 7) is 0.419. The van der Waals surface area contributed by atoms with Gasteiger partial charge in [-0.2, -0.15) is 0 Å². The van der Waals surface area contributed by atoms with Crippen molar-refractivity contribution in [2.75, 3.05) is 13.7 Å². The van der Waals surface area contributed by atoms with E-state index in [1.165, 1.54) is 4.90 Å². The quantitative estimate of drug-likeness (QED) is 0.722. The highest BCUT2D eigenvalue weighted by Gasteiger charge is 2.44. The van der Waals surface area contributed by atoms with Gasteiger partial charge in [0.05, 0.1) is 6.10 Å². The maximum Gasteiger partial charge on any atom is 0.326 e. The average Bonchev–Trinajstić information content (AvgIpc) is 2.95. The lowest BCUT2D eigenvalue weighted by atomic mass is 10.2. The first-order chi connectivity index (χ1) is 7.13. The van der Waals surface area contributed by atoms with E-state index in [0.29, 0.717) is 13.0 Å². The number of carboxylic acids is 1. The Kier molecular flexibility index (Phi) is 2.65. The van der Waals surface area contributed by atoms with Gasteiger partial charge in [0.25, 0.3) is 0 Å². The second-order valence-corrected chi connectivity index (χ2v) is 4.21. The monoisotopic (exact) mass is 213 g/mol. The van der Waals surface area contributed by atoms with Gasteiger partial charge < -0.3 is 14.7 Å². The van der Waals surface area contributed by atoms with E-state index in [2.05, 4.69) is 0 Å². The third kappa shape index (κ3) is 1.97. The van der Waals surface area contributed by atoms with Crippen molar-refractivity contribution < 1.29 is 19.4 Å². The van der Waals surface area contributed by atoms with Crippen LogP contribution in [0, 0.1) is 5.92 Å². The number of aliphatic carboxylic acids is 1. The molecule has 0 radical (unpaired) electrons. The molecule has 0 bridgehead atoms. The average molecular weight is 213 g/mol. The Morgan fingerprint density at radius 1 is 1.40 bits per heavy atom. The van der Waals surface area contributed by atoms with Gasteiger partial charge in [-0.05, 0) is 12.8 Å². The summed E-state index contributed by atoms with van der Waals surface area (Å²) in [5.41, 5.74) is 0. The van der Waals surface area contributed by atoms with E-state index < -0.39 is 12.0 Å². The summed E-state index contributed by atoms with van der Waals surface area (Å²) >= 11 is 0. The molecule has 15 heavy (non-hydrogen) atoms. The third-order valence-corrected chi connectivity index (χ3v) is 3.09. The number of carbonyl (C=O) groups excluding carboxylic acids is 1. The van der Waals surface area contributed by atoms with Crippen LogP contribution in [-0.4, -0.2) is 47.7 Å². The minimum Gasteiger partial charge on any atom is -0.480 e. The normalized spacial score (nSPS) is 30.6. The molecule has 1 saturated carbocycles. The highest BCUT2D eigenvalue weighted by molar-refractivity contribution is 5.87. The Hall–Kier alpha value is -1.10. The number of hydrogen-bond donors (Lipinski definition) is 1. The van der Waals surface area contributed by atoms with Gasteiger partial charge in [-0.1, -0.05) is 0 Å². The SMILES string of the molecule is COC1CC(C(=O)O)N(C(=O)C2CC2)C1. The lowest BCUT2D eigenvalue weighted by Gasteiger charge is -2.20. The fraction of sp³-hybridized carbons (Fsp3) is 0.800. The first-order valence-corrected chi connectivity index (χ1v) is 5.19. The molecular weight excluding hydrogens is 198 g/mol. The van der Waals surface area contributed by atoms with Crippen LogP contribution in [0.3, 0.4) is 0 Å². The molecule has 0 aromatic heterocycles. The predicted octanol–water partition coefficient (Wildman–Crippen LogP) is 0.0969. The fourth-order valence-corrected chi connectivity index (χ4v) is 2.01. The van der Waals surface area contributed by atoms with E-state index in [-0.39, 0.29) is 17.9 Å². The molecule has 1 aliphatic carbocycles. The number of carbonyl (C=O) groups is 2. The number of rotatable bonds is 3. The summed E-state index contributed by atoms with van der Waals surface area (Å²) in [5, 5.41) is 9.00. The van der Waals surface area contributed by atoms with Crippen molar-refractivity contribution in [3.05, 3.63) is 0 Å². The van der Waals surface area contributed by atoms with Crippen LogP contribution in [0.25, 0.3) is 0 Å². The van der Waals surface area contributed by atoms with E-state index in [0.717, 1.165) is 12.8 Å². The van der Waals surface area contributed by atoms with E-state index in [1.807, 2.05) is 0 Å². The van der Waals surface area contributed by atoms with Crippen molar-refractivity contribution in [2.24, 2.45) is 5.92 Å². The summed E-state index contributed by atoms with van der Waals surface area (Å²) in [7, 11) is 1.55. The van der Waals surface area contributed by atoms with Crippen LogP contribution in [0.5, 0.6) is 0 Å². The number of ether oxygens (including phenoxy) is 1. The van der Waals surface area contributed by atoms with E-state index in [4.69, 9.17) is 9.84 Å². The molecule has 1 aliphatic heterocycles. The van der Waals surface area contributed by atoms with Gasteiger partial charge in [-0.25, -0.2) is 4.79 Å². The minimum atomic E-state index is -0.927. The van der Waals surface area contributed by atoms with Crippen LogP contribution in [-0.2, 0) is 14.3 Å². The largest absolute Gasteiger partial charge is 0.480 e. The summed E-state index contributed by atoms with van der Waals surface area (Å²) in [4.78, 5) is 24.2. The molecule has 0 aromatic rings. The van der Waals surface area contributed by atoms with Gasteiger partial charge in [0.15, 0.2) is 0 Å². The molecule has 5 heteroatoms. The van der Waals surface area contributed by atoms with E-state index in [9.17, 15) is 9.59 Å². The number of methoxy groups -OCH3 is 1. The molecule has 1 heterocycles. The molecule has 0 spiro atoms. The molecule has 2 aliphatic rings. The zero-order valence-corrected chi connectivity index (χ0v) is 8.68. The molecule has 1 amide bonds. The minimum absolute atomic E-state index is 0.0121. The van der Waals surface area contributed by atoms with Gasteiger partial charge in [-0.15, -0.1) is 0 Å². The van der Waals surface area contributed by atoms with Crippen LogP contribution in [0.2, 0.25) is 0 Å². The number of hydrogen-bond acceptors (Lipinski definition) is 3. The fourth-order valence-electron chi connectivity index (χ4n) is 2.01. The lowest BCUT2D eigenvalue weighted by Crippen LogP contribution is -2.41. The van der Waals surface area contributed by atoms with Crippen molar-refractivity contribution in [1.82, 2.24) is 4.90 Å². The predicted molar refractivity (Wildman–Crippen MR) is 51.3 cm³/mol. The molecule has 2 rings (SSSR count). The zero-order valence-electron chi connectivity index (χ0n) is 8.68. The van der Waals surface area contributed by atoms with Crippen molar-refractivity contribution in [3.63, 3.8) is 0 Å². The Morgan fingerprint density at radius 3 is 2.53 bits per heavy atom. The van der Waals surface area contributed by atoms with Crippen molar-refractivity contribution in [1.29, 1.82) is 0 Å². The van der Waals surface area contributed by atoms with Gasteiger partial charge in [0, 0.05) is 26.0 Å². The molecule has 1 N–H and O–H groups in total. The van der Waals surface area contributed by atoms with Gasteiger partial charge in [0.2, 0.25) is 5.91 Å². The molecule has 2 unspecified atom stereocenters. The first kappa shape index (κ1) is 10.4. The second kappa shape index (κ2) is 3.81. The molecule has 2 atom stereocenters. The summed E-state index contributed by atoms with van der Waals surface area (Å²) < 4.78 is 5.11. The summed E-state index contributed by atoms with van der Waals surface area (Å²) in [6, 6.07) is -0.692. The highest BCUT2D eigenvalue weighted by Crippen LogP contribution is 2.34. The van der Waals surface area contributed by atoms with Gasteiger partial charge in [-0.3, -0.25) is 4.79 Å². The number of amides is 1. The van der Waals surface area contributed by atoms with E-state index >= 15 is 0 Å². The lowest BCUT2D eigenvalue weighted by molar-refractivity contribution is -0.148. The highest BCUT2D eigenvalue weighted by atomic mass is 16.5. The van der Waals surface area contributed by atoms with Crippen LogP contribution >= 0.6 is 0 Å². The molecule has 84 valence electrons. The third-order valence-electron chi connectivity index (χ3n) is 3.09. The maximum atomic E-state index is 11.8.